The van der Waals surface area contributed by atoms with E-state index in [1.54, 1.807) is 6.20 Å². The summed E-state index contributed by atoms with van der Waals surface area (Å²) in [4.78, 5) is 17.4. The monoisotopic (exact) mass is 368 g/mol. The van der Waals surface area contributed by atoms with E-state index in [1.807, 2.05) is 12.1 Å². The minimum absolute atomic E-state index is 0.0612. The van der Waals surface area contributed by atoms with E-state index in [0.717, 1.165) is 28.6 Å². The van der Waals surface area contributed by atoms with Crippen molar-refractivity contribution < 1.29 is 13.2 Å². The Labute approximate surface area is 145 Å². The highest BCUT2D eigenvalue weighted by atomic mass is 32.2. The summed E-state index contributed by atoms with van der Waals surface area (Å²) < 4.78 is 27.6. The highest BCUT2D eigenvalue weighted by Gasteiger charge is 2.34. The number of carbonyl (C=O) groups is 1. The molecule has 2 aromatic rings. The van der Waals surface area contributed by atoms with Gasteiger partial charge in [-0.25, -0.2) is 4.98 Å². The number of rotatable bonds is 4. The minimum atomic E-state index is -3.47. The summed E-state index contributed by atoms with van der Waals surface area (Å²) in [5, 5.41) is 0.894. The predicted molar refractivity (Wildman–Crippen MR) is 94.3 cm³/mol. The van der Waals surface area contributed by atoms with Gasteiger partial charge in [0, 0.05) is 44.7 Å². The van der Waals surface area contributed by atoms with Crippen molar-refractivity contribution >= 4 is 37.7 Å². The van der Waals surface area contributed by atoms with Crippen LogP contribution in [0.3, 0.4) is 0 Å². The van der Waals surface area contributed by atoms with Gasteiger partial charge in [-0.05, 0) is 24.5 Å². The summed E-state index contributed by atoms with van der Waals surface area (Å²) in [6.45, 7) is 0.838. The van der Waals surface area contributed by atoms with E-state index >= 15 is 0 Å². The van der Waals surface area contributed by atoms with Gasteiger partial charge in [-0.1, -0.05) is 6.07 Å². The molecule has 2 aromatic heterocycles. The Kier molecular flexibility index (Phi) is 4.60. The van der Waals surface area contributed by atoms with Crippen molar-refractivity contribution in [3.8, 4) is 0 Å². The number of hydrogen-bond acceptors (Lipinski definition) is 5. The highest BCUT2D eigenvalue weighted by molar-refractivity contribution is 7.86. The Morgan fingerprint density at radius 3 is 2.88 bits per heavy atom. The maximum atomic E-state index is 12.4. The van der Waals surface area contributed by atoms with E-state index in [2.05, 4.69) is 4.98 Å². The fraction of sp³-hybridized carbons (Fsp3) is 0.467. The molecule has 0 aromatic carbocycles. The molecule has 1 atom stereocenters. The average Bonchev–Trinajstić information content (AvgIpc) is 2.94. The van der Waals surface area contributed by atoms with E-state index < -0.39 is 16.1 Å². The van der Waals surface area contributed by atoms with Gasteiger partial charge in [0.2, 0.25) is 0 Å². The molecular weight excluding hydrogens is 348 g/mol. The van der Waals surface area contributed by atoms with Crippen molar-refractivity contribution in [2.75, 3.05) is 27.2 Å². The molecule has 2 N–H and O–H groups in total. The molecule has 1 unspecified atom stereocenters. The lowest BCUT2D eigenvalue weighted by Gasteiger charge is -2.33. The zero-order valence-electron chi connectivity index (χ0n) is 13.6. The van der Waals surface area contributed by atoms with Crippen molar-refractivity contribution in [1.82, 2.24) is 13.6 Å². The van der Waals surface area contributed by atoms with Crippen LogP contribution in [0.5, 0.6) is 0 Å². The summed E-state index contributed by atoms with van der Waals surface area (Å²) >= 11 is 1.28. The van der Waals surface area contributed by atoms with Crippen LogP contribution in [0.2, 0.25) is 0 Å². The van der Waals surface area contributed by atoms with Crippen LogP contribution in [-0.4, -0.2) is 55.1 Å². The van der Waals surface area contributed by atoms with Gasteiger partial charge in [-0.3, -0.25) is 4.79 Å². The molecule has 9 heteroatoms. The maximum absolute atomic E-state index is 12.4. The number of hydrogen-bond donors (Lipinski definition) is 1. The number of carbonyl (C=O) groups excluding carboxylic acids is 1. The molecular formula is C15H20N4O3S2. The maximum Gasteiger partial charge on any atom is 0.281 e. The van der Waals surface area contributed by atoms with Crippen molar-refractivity contribution in [3.63, 3.8) is 0 Å². The van der Waals surface area contributed by atoms with Crippen molar-refractivity contribution in [3.05, 3.63) is 28.8 Å². The van der Waals surface area contributed by atoms with Crippen LogP contribution in [0.4, 0.5) is 0 Å². The first kappa shape index (κ1) is 17.3. The number of amides is 1. The smallest absolute Gasteiger partial charge is 0.281 e. The number of pyridine rings is 1. The zero-order chi connectivity index (χ0) is 17.5. The molecule has 3 heterocycles. The summed E-state index contributed by atoms with van der Waals surface area (Å²) in [6, 6.07) is 3.74. The predicted octanol–water partition coefficient (Wildman–Crippen LogP) is 1.38. The molecule has 1 saturated heterocycles. The first-order valence-electron chi connectivity index (χ1n) is 7.67. The van der Waals surface area contributed by atoms with Crippen LogP contribution >= 0.6 is 11.3 Å². The van der Waals surface area contributed by atoms with Crippen LogP contribution in [0.1, 0.15) is 34.0 Å². The molecule has 7 nitrogen and oxygen atoms in total. The van der Waals surface area contributed by atoms with Crippen molar-refractivity contribution in [2.24, 2.45) is 5.73 Å². The normalized spacial score (nSPS) is 19.9. The summed E-state index contributed by atoms with van der Waals surface area (Å²) in [5.74, 6) is -0.547. The Balaban J connectivity index is 2.04. The standard InChI is InChI=1S/C15H20N4O3S2/c1-18(2)24(21,22)19-8-4-5-10(9-19)12-11-6-3-7-17-15(11)23-13(12)14(16)20/h3,6-7,10H,4-5,8-9H2,1-2H3,(H2,16,20). The number of nitrogens with zero attached hydrogens (tertiary/aromatic N) is 3. The van der Waals surface area contributed by atoms with E-state index in [-0.39, 0.29) is 5.92 Å². The molecule has 0 aliphatic carbocycles. The first-order valence-corrected chi connectivity index (χ1v) is 9.88. The Hall–Kier alpha value is -1.55. The Morgan fingerprint density at radius 1 is 1.46 bits per heavy atom. The number of aromatic nitrogens is 1. The molecule has 0 bridgehead atoms. The molecule has 24 heavy (non-hydrogen) atoms. The van der Waals surface area contributed by atoms with Gasteiger partial charge in [0.05, 0.1) is 4.88 Å². The first-order chi connectivity index (χ1) is 11.3. The topological polar surface area (TPSA) is 96.6 Å². The third-order valence-corrected chi connectivity index (χ3v) is 7.36. The van der Waals surface area contributed by atoms with Crippen LogP contribution in [-0.2, 0) is 10.2 Å². The van der Waals surface area contributed by atoms with Gasteiger partial charge in [-0.15, -0.1) is 11.3 Å². The highest BCUT2D eigenvalue weighted by Crippen LogP contribution is 2.39. The van der Waals surface area contributed by atoms with E-state index in [1.165, 1.54) is 34.0 Å². The van der Waals surface area contributed by atoms with Crippen LogP contribution in [0, 0.1) is 0 Å². The summed E-state index contributed by atoms with van der Waals surface area (Å²) in [5.41, 5.74) is 6.40. The Morgan fingerprint density at radius 2 is 2.21 bits per heavy atom. The number of fused-ring (bicyclic) bond motifs is 1. The van der Waals surface area contributed by atoms with E-state index in [4.69, 9.17) is 5.73 Å². The second-order valence-corrected chi connectivity index (χ2v) is 9.19. The molecule has 1 amide bonds. The number of piperidine rings is 1. The molecule has 0 spiro atoms. The lowest BCUT2D eigenvalue weighted by Crippen LogP contribution is -2.45. The number of primary amides is 1. The van der Waals surface area contributed by atoms with Crippen LogP contribution < -0.4 is 5.73 Å². The second kappa shape index (κ2) is 6.40. The SMILES string of the molecule is CN(C)S(=O)(=O)N1CCCC(c2c(C(N)=O)sc3ncccc23)C1. The largest absolute Gasteiger partial charge is 0.365 e. The van der Waals surface area contributed by atoms with Gasteiger partial charge in [0.25, 0.3) is 16.1 Å². The number of thiophene rings is 1. The molecule has 1 aliphatic heterocycles. The van der Waals surface area contributed by atoms with Crippen molar-refractivity contribution in [2.45, 2.75) is 18.8 Å². The van der Waals surface area contributed by atoms with Gasteiger partial charge < -0.3 is 5.73 Å². The zero-order valence-corrected chi connectivity index (χ0v) is 15.2. The molecule has 1 aliphatic rings. The molecule has 0 radical (unpaired) electrons. The minimum Gasteiger partial charge on any atom is -0.365 e. The Bertz CT molecular complexity index is 876. The van der Waals surface area contributed by atoms with Crippen LogP contribution in [0.25, 0.3) is 10.2 Å². The van der Waals surface area contributed by atoms with Gasteiger partial charge >= 0.3 is 0 Å². The molecule has 0 saturated carbocycles. The second-order valence-electron chi connectivity index (χ2n) is 6.05. The van der Waals surface area contributed by atoms with Gasteiger partial charge in [0.15, 0.2) is 0 Å². The number of nitrogens with two attached hydrogens (primary N) is 1. The average molecular weight is 368 g/mol. The van der Waals surface area contributed by atoms with E-state index in [0.29, 0.717) is 18.0 Å². The lowest BCUT2D eigenvalue weighted by molar-refractivity contribution is 0.100. The summed E-state index contributed by atoms with van der Waals surface area (Å²) in [6.07, 6.45) is 3.24. The fourth-order valence-electron chi connectivity index (χ4n) is 3.16. The van der Waals surface area contributed by atoms with E-state index in [9.17, 15) is 13.2 Å². The van der Waals surface area contributed by atoms with Gasteiger partial charge in [0.1, 0.15) is 4.83 Å². The van der Waals surface area contributed by atoms with Crippen molar-refractivity contribution in [1.29, 1.82) is 0 Å². The van der Waals surface area contributed by atoms with Gasteiger partial charge in [-0.2, -0.15) is 17.0 Å². The fourth-order valence-corrected chi connectivity index (χ4v) is 5.43. The third-order valence-electron chi connectivity index (χ3n) is 4.31. The molecule has 3 rings (SSSR count). The lowest BCUT2D eigenvalue weighted by atomic mass is 9.90. The molecule has 1 fully saturated rings. The molecule has 130 valence electrons. The third kappa shape index (κ3) is 2.92. The quantitative estimate of drug-likeness (QED) is 0.882. The van der Waals surface area contributed by atoms with Crippen LogP contribution in [0.15, 0.2) is 18.3 Å². The summed E-state index contributed by atoms with van der Waals surface area (Å²) in [7, 11) is -0.421.